The van der Waals surface area contributed by atoms with Crippen LogP contribution in [0.2, 0.25) is 0 Å². The van der Waals surface area contributed by atoms with E-state index in [1.807, 2.05) is 45.2 Å². The predicted octanol–water partition coefficient (Wildman–Crippen LogP) is 2.88. The number of benzene rings is 1. The number of amides is 1. The van der Waals surface area contributed by atoms with E-state index in [4.69, 9.17) is 0 Å². The first-order valence-corrected chi connectivity index (χ1v) is 8.83. The Labute approximate surface area is 151 Å². The topological polar surface area (TPSA) is 88.5 Å². The van der Waals surface area contributed by atoms with Gasteiger partial charge in [-0.15, -0.1) is 0 Å². The van der Waals surface area contributed by atoms with Crippen molar-refractivity contribution >= 4 is 11.6 Å². The summed E-state index contributed by atoms with van der Waals surface area (Å²) in [6, 6.07) is 7.63. The molecule has 134 valence electrons. The molecule has 1 saturated carbocycles. The van der Waals surface area contributed by atoms with E-state index in [1.54, 1.807) is 4.68 Å². The van der Waals surface area contributed by atoms with Gasteiger partial charge in [-0.05, 0) is 38.8 Å². The number of carbonyl (C=O) groups excluding carboxylic acids is 1. The van der Waals surface area contributed by atoms with Crippen LogP contribution < -0.4 is 5.32 Å². The summed E-state index contributed by atoms with van der Waals surface area (Å²) in [4.78, 5) is 17.0. The lowest BCUT2D eigenvalue weighted by Crippen LogP contribution is -2.15. The number of carbonyl (C=O) groups is 1. The van der Waals surface area contributed by atoms with E-state index in [2.05, 4.69) is 25.6 Å². The molecule has 1 aromatic carbocycles. The summed E-state index contributed by atoms with van der Waals surface area (Å²) in [5.74, 6) is 2.10. The van der Waals surface area contributed by atoms with Gasteiger partial charge in [0.25, 0.3) is 0 Å². The first kappa shape index (κ1) is 16.5. The van der Waals surface area contributed by atoms with Gasteiger partial charge in [-0.25, -0.2) is 4.98 Å². The van der Waals surface area contributed by atoms with Gasteiger partial charge >= 0.3 is 0 Å². The molecule has 0 atom stereocenters. The lowest BCUT2D eigenvalue weighted by Gasteiger charge is -2.07. The normalized spacial score (nSPS) is 13.8. The van der Waals surface area contributed by atoms with Gasteiger partial charge in [-0.2, -0.15) is 10.2 Å². The molecule has 2 N–H and O–H groups in total. The van der Waals surface area contributed by atoms with Gasteiger partial charge in [0, 0.05) is 35.5 Å². The van der Waals surface area contributed by atoms with Crippen molar-refractivity contribution in [3.63, 3.8) is 0 Å². The summed E-state index contributed by atoms with van der Waals surface area (Å²) in [7, 11) is 1.89. The minimum absolute atomic E-state index is 0.0602. The number of rotatable bonds is 5. The van der Waals surface area contributed by atoms with Crippen molar-refractivity contribution in [2.45, 2.75) is 39.0 Å². The van der Waals surface area contributed by atoms with Gasteiger partial charge in [0.15, 0.2) is 5.82 Å². The van der Waals surface area contributed by atoms with E-state index >= 15 is 0 Å². The van der Waals surface area contributed by atoms with Crippen molar-refractivity contribution in [2.75, 3.05) is 5.32 Å². The highest BCUT2D eigenvalue weighted by atomic mass is 16.1. The second kappa shape index (κ2) is 6.40. The molecule has 0 aliphatic heterocycles. The molecule has 1 aliphatic carbocycles. The highest BCUT2D eigenvalue weighted by molar-refractivity contribution is 5.93. The second-order valence-corrected chi connectivity index (χ2v) is 6.90. The van der Waals surface area contributed by atoms with Crippen molar-refractivity contribution in [1.29, 1.82) is 0 Å². The number of aromatic amines is 1. The van der Waals surface area contributed by atoms with Gasteiger partial charge in [-0.3, -0.25) is 14.6 Å². The molecule has 0 saturated heterocycles. The van der Waals surface area contributed by atoms with Crippen LogP contribution in [0.3, 0.4) is 0 Å². The molecule has 26 heavy (non-hydrogen) atoms. The minimum atomic E-state index is -0.0602. The molecule has 4 rings (SSSR count). The number of hydrogen-bond donors (Lipinski definition) is 2. The first-order chi connectivity index (χ1) is 12.5. The highest BCUT2D eigenvalue weighted by Gasteiger charge is 2.27. The molecule has 0 radical (unpaired) electrons. The molecule has 1 amide bonds. The molecular weight excluding hydrogens is 328 g/mol. The third kappa shape index (κ3) is 3.24. The third-order valence-electron chi connectivity index (χ3n) is 4.87. The second-order valence-electron chi connectivity index (χ2n) is 6.90. The van der Waals surface area contributed by atoms with Crippen LogP contribution >= 0.6 is 0 Å². The van der Waals surface area contributed by atoms with Gasteiger partial charge in [-0.1, -0.05) is 12.1 Å². The Hall–Kier alpha value is -2.96. The Kier molecular flexibility index (Phi) is 4.06. The fraction of sp³-hybridized carbons (Fsp3) is 0.368. The van der Waals surface area contributed by atoms with Crippen molar-refractivity contribution in [1.82, 2.24) is 25.0 Å². The van der Waals surface area contributed by atoms with Crippen LogP contribution in [0.5, 0.6) is 0 Å². The van der Waals surface area contributed by atoms with Crippen LogP contribution in [-0.4, -0.2) is 30.9 Å². The van der Waals surface area contributed by atoms with Crippen molar-refractivity contribution in [3.05, 3.63) is 47.0 Å². The molecular formula is C19H22N6O. The summed E-state index contributed by atoms with van der Waals surface area (Å²) < 4.78 is 1.80. The van der Waals surface area contributed by atoms with Crippen LogP contribution in [0.4, 0.5) is 5.69 Å². The smallest absolute Gasteiger partial charge is 0.228 e. The van der Waals surface area contributed by atoms with Gasteiger partial charge in [0.2, 0.25) is 5.91 Å². The average Bonchev–Trinajstić information content (AvgIpc) is 3.30. The molecule has 7 heteroatoms. The molecule has 7 nitrogen and oxygen atoms in total. The molecule has 0 spiro atoms. The lowest BCUT2D eigenvalue weighted by atomic mass is 10.1. The van der Waals surface area contributed by atoms with E-state index < -0.39 is 0 Å². The summed E-state index contributed by atoms with van der Waals surface area (Å²) in [6.45, 7) is 3.90. The Morgan fingerprint density at radius 2 is 2.15 bits per heavy atom. The molecule has 1 fully saturated rings. The lowest BCUT2D eigenvalue weighted by molar-refractivity contribution is -0.115. The average molecular weight is 350 g/mol. The van der Waals surface area contributed by atoms with Crippen molar-refractivity contribution in [3.8, 4) is 11.4 Å². The van der Waals surface area contributed by atoms with Crippen LogP contribution in [0, 0.1) is 13.8 Å². The molecule has 2 heterocycles. The number of H-pyrrole nitrogens is 1. The van der Waals surface area contributed by atoms with E-state index in [9.17, 15) is 4.79 Å². The molecule has 2 aromatic heterocycles. The van der Waals surface area contributed by atoms with Gasteiger partial charge in [0.1, 0.15) is 5.82 Å². The number of anilines is 1. The van der Waals surface area contributed by atoms with Gasteiger partial charge < -0.3 is 5.32 Å². The standard InChI is InChI=1S/C19H22N6O/c1-11-16(12(2)25(3)24-11)10-17(26)20-15-6-4-5-14(9-15)19-21-18(22-23-19)13-7-8-13/h4-6,9,13H,7-8,10H2,1-3H3,(H,20,26)(H,21,22,23). The van der Waals surface area contributed by atoms with Crippen LogP contribution in [0.1, 0.15) is 41.5 Å². The van der Waals surface area contributed by atoms with E-state index in [1.165, 1.54) is 12.8 Å². The number of aryl methyl sites for hydroxylation is 2. The van der Waals surface area contributed by atoms with Crippen LogP contribution in [0.25, 0.3) is 11.4 Å². The Morgan fingerprint density at radius 1 is 1.35 bits per heavy atom. The molecule has 3 aromatic rings. The largest absolute Gasteiger partial charge is 0.326 e. The van der Waals surface area contributed by atoms with E-state index in [0.717, 1.165) is 34.0 Å². The zero-order chi connectivity index (χ0) is 18.3. The molecule has 0 bridgehead atoms. The predicted molar refractivity (Wildman–Crippen MR) is 98.8 cm³/mol. The van der Waals surface area contributed by atoms with Gasteiger partial charge in [0.05, 0.1) is 12.1 Å². The number of nitrogens with zero attached hydrogens (tertiary/aromatic N) is 4. The van der Waals surface area contributed by atoms with Crippen molar-refractivity contribution < 1.29 is 4.79 Å². The number of nitrogens with one attached hydrogen (secondary N) is 2. The number of aromatic nitrogens is 5. The highest BCUT2D eigenvalue weighted by Crippen LogP contribution is 2.38. The maximum absolute atomic E-state index is 12.5. The zero-order valence-corrected chi connectivity index (χ0v) is 15.2. The summed E-state index contributed by atoms with van der Waals surface area (Å²) in [5.41, 5.74) is 4.51. The zero-order valence-electron chi connectivity index (χ0n) is 15.2. The van der Waals surface area contributed by atoms with Crippen LogP contribution in [0.15, 0.2) is 24.3 Å². The third-order valence-corrected chi connectivity index (χ3v) is 4.87. The van der Waals surface area contributed by atoms with E-state index in [0.29, 0.717) is 18.2 Å². The Balaban J connectivity index is 1.48. The SMILES string of the molecule is Cc1nn(C)c(C)c1CC(=O)Nc1cccc(-c2n[nH]c(C3CC3)n2)c1. The molecule has 1 aliphatic rings. The first-order valence-electron chi connectivity index (χ1n) is 8.83. The van der Waals surface area contributed by atoms with E-state index in [-0.39, 0.29) is 5.91 Å². The maximum atomic E-state index is 12.5. The fourth-order valence-electron chi connectivity index (χ4n) is 3.12. The summed E-state index contributed by atoms with van der Waals surface area (Å²) >= 11 is 0. The van der Waals surface area contributed by atoms with Crippen molar-refractivity contribution in [2.24, 2.45) is 7.05 Å². The maximum Gasteiger partial charge on any atom is 0.228 e. The summed E-state index contributed by atoms with van der Waals surface area (Å²) in [6.07, 6.45) is 2.66. The quantitative estimate of drug-likeness (QED) is 0.740. The number of hydrogen-bond acceptors (Lipinski definition) is 4. The Bertz CT molecular complexity index is 966. The summed E-state index contributed by atoms with van der Waals surface area (Å²) in [5, 5.41) is 14.6. The Morgan fingerprint density at radius 3 is 2.85 bits per heavy atom. The van der Waals surface area contributed by atoms with Crippen LogP contribution in [-0.2, 0) is 18.3 Å². The fourth-order valence-corrected chi connectivity index (χ4v) is 3.12. The monoisotopic (exact) mass is 350 g/mol. The molecule has 0 unspecified atom stereocenters. The minimum Gasteiger partial charge on any atom is -0.326 e.